The zero-order valence-electron chi connectivity index (χ0n) is 21.9. The third-order valence-electron chi connectivity index (χ3n) is 7.38. The van der Waals surface area contributed by atoms with Crippen LogP contribution in [0.15, 0.2) is 138 Å². The van der Waals surface area contributed by atoms with E-state index in [0.717, 1.165) is 60.7 Å². The number of nitrogens with zero attached hydrogens (tertiary/aromatic N) is 4. The number of benzene rings is 5. The van der Waals surface area contributed by atoms with Gasteiger partial charge in [0, 0.05) is 44.6 Å². The van der Waals surface area contributed by atoms with E-state index in [-0.39, 0.29) is 0 Å². The maximum atomic E-state index is 6.34. The van der Waals surface area contributed by atoms with Crippen LogP contribution in [0.1, 0.15) is 0 Å². The van der Waals surface area contributed by atoms with Gasteiger partial charge < -0.3 is 4.42 Å². The van der Waals surface area contributed by atoms with Crippen molar-refractivity contribution < 1.29 is 4.42 Å². The summed E-state index contributed by atoms with van der Waals surface area (Å²) in [5.41, 5.74) is 7.48. The van der Waals surface area contributed by atoms with E-state index in [2.05, 4.69) is 47.4 Å². The highest BCUT2D eigenvalue weighted by Crippen LogP contribution is 2.39. The number of pyridine rings is 1. The van der Waals surface area contributed by atoms with Crippen LogP contribution in [-0.4, -0.2) is 19.9 Å². The Hall–Kier alpha value is -5.68. The molecule has 0 aliphatic carbocycles. The predicted octanol–water partition coefficient (Wildman–Crippen LogP) is 8.99. The van der Waals surface area contributed by atoms with Crippen molar-refractivity contribution in [3.05, 3.63) is 134 Å². The van der Waals surface area contributed by atoms with Crippen LogP contribution in [0.3, 0.4) is 0 Å². The fraction of sp³-hybridized carbons (Fsp3) is 0. The SMILES string of the molecule is c1ccc(-c2nc(-c3ccccc3)nc(-c3cccc4oc5ccc(-c6cccc7cccnc67)cc5c34)n2)cc1. The van der Waals surface area contributed by atoms with Crippen molar-refractivity contribution in [3.63, 3.8) is 0 Å². The number of aromatic nitrogens is 4. The van der Waals surface area contributed by atoms with Crippen LogP contribution >= 0.6 is 0 Å². The molecule has 5 heteroatoms. The van der Waals surface area contributed by atoms with E-state index in [1.54, 1.807) is 0 Å². The number of fused-ring (bicyclic) bond motifs is 4. The normalized spacial score (nSPS) is 11.4. The highest BCUT2D eigenvalue weighted by molar-refractivity contribution is 6.13. The van der Waals surface area contributed by atoms with Crippen molar-refractivity contribution in [2.75, 3.05) is 0 Å². The standard InChI is InChI=1S/C36H22N4O/c1-3-10-24(11-4-1)34-38-35(25-12-5-2-6-13-25)40-36(39-34)28-17-8-18-31-32(28)29-22-26(19-20-30(29)41-31)27-16-7-14-23-15-9-21-37-33(23)27/h1-22H. The number of hydrogen-bond acceptors (Lipinski definition) is 5. The average Bonchev–Trinajstić information content (AvgIpc) is 3.43. The second kappa shape index (κ2) is 9.50. The summed E-state index contributed by atoms with van der Waals surface area (Å²) in [5, 5.41) is 3.08. The molecule has 5 aromatic carbocycles. The van der Waals surface area contributed by atoms with Gasteiger partial charge in [0.05, 0.1) is 5.52 Å². The minimum Gasteiger partial charge on any atom is -0.456 e. The minimum atomic E-state index is 0.600. The summed E-state index contributed by atoms with van der Waals surface area (Å²) in [7, 11) is 0. The molecule has 3 aromatic heterocycles. The second-order valence-corrected chi connectivity index (χ2v) is 9.91. The van der Waals surface area contributed by atoms with Crippen LogP contribution in [0.4, 0.5) is 0 Å². The number of furan rings is 1. The number of para-hydroxylation sites is 1. The number of rotatable bonds is 4. The molecule has 8 aromatic rings. The average molecular weight is 527 g/mol. The molecular formula is C36H22N4O. The van der Waals surface area contributed by atoms with Gasteiger partial charge in [0.15, 0.2) is 17.5 Å². The highest BCUT2D eigenvalue weighted by atomic mass is 16.3. The van der Waals surface area contributed by atoms with Crippen LogP contribution in [0.25, 0.3) is 78.1 Å². The van der Waals surface area contributed by atoms with Crippen molar-refractivity contribution in [2.45, 2.75) is 0 Å². The van der Waals surface area contributed by atoms with Crippen LogP contribution in [-0.2, 0) is 0 Å². The second-order valence-electron chi connectivity index (χ2n) is 9.91. The van der Waals surface area contributed by atoms with Gasteiger partial charge in [0.2, 0.25) is 0 Å². The third kappa shape index (κ3) is 4.03. The number of hydrogen-bond donors (Lipinski definition) is 0. The highest BCUT2D eigenvalue weighted by Gasteiger charge is 2.18. The molecule has 0 N–H and O–H groups in total. The largest absolute Gasteiger partial charge is 0.456 e. The summed E-state index contributed by atoms with van der Waals surface area (Å²) < 4.78 is 6.34. The van der Waals surface area contributed by atoms with E-state index in [1.807, 2.05) is 91.1 Å². The smallest absolute Gasteiger partial charge is 0.164 e. The van der Waals surface area contributed by atoms with E-state index in [1.165, 1.54) is 0 Å². The molecular weight excluding hydrogens is 504 g/mol. The van der Waals surface area contributed by atoms with Gasteiger partial charge in [-0.1, -0.05) is 103 Å². The Morgan fingerprint density at radius 3 is 1.88 bits per heavy atom. The summed E-state index contributed by atoms with van der Waals surface area (Å²) in [6.07, 6.45) is 1.84. The van der Waals surface area contributed by atoms with Crippen LogP contribution in [0.2, 0.25) is 0 Å². The quantitative estimate of drug-likeness (QED) is 0.229. The van der Waals surface area contributed by atoms with Crippen molar-refractivity contribution in [2.24, 2.45) is 0 Å². The van der Waals surface area contributed by atoms with Gasteiger partial charge in [-0.25, -0.2) is 15.0 Å². The Bertz CT molecular complexity index is 2140. The molecule has 0 amide bonds. The minimum absolute atomic E-state index is 0.600. The maximum Gasteiger partial charge on any atom is 0.164 e. The summed E-state index contributed by atoms with van der Waals surface area (Å²) in [6.45, 7) is 0. The molecule has 0 atom stereocenters. The molecule has 0 bridgehead atoms. The Morgan fingerprint density at radius 2 is 1.12 bits per heavy atom. The van der Waals surface area contributed by atoms with Gasteiger partial charge in [-0.2, -0.15) is 0 Å². The lowest BCUT2D eigenvalue weighted by Crippen LogP contribution is -2.00. The van der Waals surface area contributed by atoms with Gasteiger partial charge in [-0.15, -0.1) is 0 Å². The molecule has 41 heavy (non-hydrogen) atoms. The van der Waals surface area contributed by atoms with Crippen molar-refractivity contribution in [1.29, 1.82) is 0 Å². The zero-order chi connectivity index (χ0) is 27.2. The molecule has 8 rings (SSSR count). The molecule has 5 nitrogen and oxygen atoms in total. The van der Waals surface area contributed by atoms with Gasteiger partial charge in [0.1, 0.15) is 11.2 Å². The van der Waals surface area contributed by atoms with Crippen LogP contribution in [0.5, 0.6) is 0 Å². The first kappa shape index (κ1) is 23.2. The van der Waals surface area contributed by atoms with Crippen molar-refractivity contribution in [1.82, 2.24) is 19.9 Å². The Kier molecular flexibility index (Phi) is 5.38. The lowest BCUT2D eigenvalue weighted by molar-refractivity contribution is 0.669. The fourth-order valence-corrected chi connectivity index (χ4v) is 5.45. The van der Waals surface area contributed by atoms with Crippen molar-refractivity contribution in [3.8, 4) is 45.3 Å². The molecule has 0 spiro atoms. The van der Waals surface area contributed by atoms with Gasteiger partial charge >= 0.3 is 0 Å². The molecule has 0 aliphatic heterocycles. The first-order valence-corrected chi connectivity index (χ1v) is 13.5. The molecule has 0 aliphatic rings. The summed E-state index contributed by atoms with van der Waals surface area (Å²) >= 11 is 0. The molecule has 0 fully saturated rings. The molecule has 0 unspecified atom stereocenters. The Balaban J connectivity index is 1.38. The summed E-state index contributed by atoms with van der Waals surface area (Å²) in [6, 6.07) is 42.7. The maximum absolute atomic E-state index is 6.34. The predicted molar refractivity (Wildman–Crippen MR) is 164 cm³/mol. The van der Waals surface area contributed by atoms with E-state index in [4.69, 9.17) is 19.4 Å². The van der Waals surface area contributed by atoms with E-state index in [9.17, 15) is 0 Å². The van der Waals surface area contributed by atoms with E-state index in [0.29, 0.717) is 17.5 Å². The Morgan fingerprint density at radius 1 is 0.463 bits per heavy atom. The van der Waals surface area contributed by atoms with E-state index >= 15 is 0 Å². The molecule has 3 heterocycles. The first-order chi connectivity index (χ1) is 20.3. The van der Waals surface area contributed by atoms with Crippen LogP contribution in [0, 0.1) is 0 Å². The molecule has 0 radical (unpaired) electrons. The molecule has 0 saturated heterocycles. The van der Waals surface area contributed by atoms with Crippen molar-refractivity contribution >= 4 is 32.8 Å². The first-order valence-electron chi connectivity index (χ1n) is 13.5. The van der Waals surface area contributed by atoms with Gasteiger partial charge in [-0.05, 0) is 29.8 Å². The zero-order valence-corrected chi connectivity index (χ0v) is 21.9. The van der Waals surface area contributed by atoms with E-state index < -0.39 is 0 Å². The Labute approximate surface area is 235 Å². The lowest BCUT2D eigenvalue weighted by Gasteiger charge is -2.09. The fourth-order valence-electron chi connectivity index (χ4n) is 5.45. The lowest BCUT2D eigenvalue weighted by atomic mass is 9.98. The monoisotopic (exact) mass is 526 g/mol. The third-order valence-corrected chi connectivity index (χ3v) is 7.38. The molecule has 0 saturated carbocycles. The van der Waals surface area contributed by atoms with Crippen LogP contribution < -0.4 is 0 Å². The summed E-state index contributed by atoms with van der Waals surface area (Å²) in [5.74, 6) is 1.85. The summed E-state index contributed by atoms with van der Waals surface area (Å²) in [4.78, 5) is 19.5. The van der Waals surface area contributed by atoms with Gasteiger partial charge in [-0.3, -0.25) is 4.98 Å². The van der Waals surface area contributed by atoms with Gasteiger partial charge in [0.25, 0.3) is 0 Å². The topological polar surface area (TPSA) is 64.7 Å². The molecule has 192 valence electrons.